The molecule has 4 aromatic rings. The summed E-state index contributed by atoms with van der Waals surface area (Å²) in [4.78, 5) is 9.77. The molecule has 0 radical (unpaired) electrons. The molecular weight excluding hydrogens is 342 g/mol. The average Bonchev–Trinajstić information content (AvgIpc) is 3.20. The molecule has 1 N–H and O–H groups in total. The van der Waals surface area contributed by atoms with Gasteiger partial charge in [0.25, 0.3) is 0 Å². The van der Waals surface area contributed by atoms with E-state index in [-0.39, 0.29) is 5.41 Å². The zero-order chi connectivity index (χ0) is 18.1. The molecule has 0 atom stereocenters. The molecule has 26 heavy (non-hydrogen) atoms. The summed E-state index contributed by atoms with van der Waals surface area (Å²) in [5, 5.41) is 8.85. The molecule has 5 nitrogen and oxygen atoms in total. The van der Waals surface area contributed by atoms with Gasteiger partial charge in [-0.1, -0.05) is 62.4 Å². The third kappa shape index (κ3) is 3.46. The van der Waals surface area contributed by atoms with Crippen LogP contribution in [-0.2, 0) is 12.0 Å². The van der Waals surface area contributed by atoms with Crippen LogP contribution in [0.3, 0.4) is 0 Å². The van der Waals surface area contributed by atoms with E-state index in [1.54, 1.807) is 17.5 Å². The van der Waals surface area contributed by atoms with Gasteiger partial charge in [-0.25, -0.2) is 9.50 Å². The van der Waals surface area contributed by atoms with Crippen molar-refractivity contribution in [2.24, 2.45) is 0 Å². The largest absolute Gasteiger partial charge is 0.356 e. The smallest absolute Gasteiger partial charge is 0.214 e. The molecular formula is C20H21N5S. The van der Waals surface area contributed by atoms with E-state index in [1.165, 1.54) is 11.1 Å². The second kappa shape index (κ2) is 6.53. The van der Waals surface area contributed by atoms with E-state index < -0.39 is 0 Å². The first-order chi connectivity index (χ1) is 12.5. The molecule has 0 bridgehead atoms. The number of benzene rings is 1. The Morgan fingerprint density at radius 2 is 1.88 bits per heavy atom. The highest BCUT2D eigenvalue weighted by Gasteiger charge is 2.19. The molecule has 1 aromatic carbocycles. The minimum Gasteiger partial charge on any atom is -0.356 e. The van der Waals surface area contributed by atoms with Crippen molar-refractivity contribution in [3.05, 3.63) is 66.2 Å². The van der Waals surface area contributed by atoms with Gasteiger partial charge in [0.05, 0.1) is 11.9 Å². The third-order valence-electron chi connectivity index (χ3n) is 4.20. The number of hydrogen-bond acceptors (Lipinski definition) is 5. The summed E-state index contributed by atoms with van der Waals surface area (Å²) in [6.45, 7) is 7.21. The van der Waals surface area contributed by atoms with Gasteiger partial charge >= 0.3 is 0 Å². The van der Waals surface area contributed by atoms with Crippen molar-refractivity contribution in [2.75, 3.05) is 5.32 Å². The van der Waals surface area contributed by atoms with Gasteiger partial charge < -0.3 is 5.32 Å². The Balaban J connectivity index is 1.44. The topological polar surface area (TPSA) is 55.1 Å². The summed E-state index contributed by atoms with van der Waals surface area (Å²) in [6.07, 6.45) is 5.68. The SMILES string of the molecule is CC(C)(C)c1cn2nc(NCc3ccc(-c4cccnc4)cc3)sc2n1. The van der Waals surface area contributed by atoms with Crippen LogP contribution in [0.1, 0.15) is 32.0 Å². The van der Waals surface area contributed by atoms with E-state index in [4.69, 9.17) is 0 Å². The number of imidazole rings is 1. The van der Waals surface area contributed by atoms with Gasteiger partial charge in [0.1, 0.15) is 0 Å². The van der Waals surface area contributed by atoms with Crippen molar-refractivity contribution in [3.8, 4) is 11.1 Å². The summed E-state index contributed by atoms with van der Waals surface area (Å²) in [6, 6.07) is 12.5. The van der Waals surface area contributed by atoms with E-state index in [9.17, 15) is 0 Å². The Hall–Kier alpha value is -2.73. The number of aromatic nitrogens is 4. The number of rotatable bonds is 4. The number of anilines is 1. The van der Waals surface area contributed by atoms with Crippen molar-refractivity contribution < 1.29 is 0 Å². The van der Waals surface area contributed by atoms with Crippen molar-refractivity contribution in [3.63, 3.8) is 0 Å². The number of pyridine rings is 1. The molecule has 0 fully saturated rings. The lowest BCUT2D eigenvalue weighted by Gasteiger charge is -2.13. The van der Waals surface area contributed by atoms with Gasteiger partial charge in [0.15, 0.2) is 0 Å². The zero-order valence-corrected chi connectivity index (χ0v) is 15.9. The van der Waals surface area contributed by atoms with Gasteiger partial charge in [0.2, 0.25) is 10.1 Å². The van der Waals surface area contributed by atoms with Crippen LogP contribution in [0.4, 0.5) is 5.13 Å². The van der Waals surface area contributed by atoms with Crippen molar-refractivity contribution in [1.29, 1.82) is 0 Å². The Kier molecular flexibility index (Phi) is 4.20. The molecule has 0 unspecified atom stereocenters. The first-order valence-electron chi connectivity index (χ1n) is 8.59. The molecule has 0 spiro atoms. The maximum Gasteiger partial charge on any atom is 0.214 e. The van der Waals surface area contributed by atoms with E-state index in [1.807, 2.05) is 23.0 Å². The highest BCUT2D eigenvalue weighted by molar-refractivity contribution is 7.20. The monoisotopic (exact) mass is 363 g/mol. The van der Waals surface area contributed by atoms with Crippen molar-refractivity contribution in [1.82, 2.24) is 19.6 Å². The lowest BCUT2D eigenvalue weighted by Crippen LogP contribution is -2.11. The Labute approximate surface area is 156 Å². The van der Waals surface area contributed by atoms with Crippen LogP contribution in [0.15, 0.2) is 55.0 Å². The van der Waals surface area contributed by atoms with Crippen LogP contribution in [-0.4, -0.2) is 19.6 Å². The van der Waals surface area contributed by atoms with Gasteiger partial charge in [0, 0.05) is 24.4 Å². The number of hydrogen-bond donors (Lipinski definition) is 1. The second-order valence-corrected chi connectivity index (χ2v) is 8.26. The summed E-state index contributed by atoms with van der Waals surface area (Å²) in [5.74, 6) is 0. The number of fused-ring (bicyclic) bond motifs is 1. The van der Waals surface area contributed by atoms with Gasteiger partial charge in [-0.05, 0) is 22.8 Å². The van der Waals surface area contributed by atoms with Gasteiger partial charge in [-0.15, -0.1) is 5.10 Å². The zero-order valence-electron chi connectivity index (χ0n) is 15.1. The molecule has 6 heteroatoms. The summed E-state index contributed by atoms with van der Waals surface area (Å²) < 4.78 is 1.86. The molecule has 132 valence electrons. The normalized spacial score (nSPS) is 11.8. The first kappa shape index (κ1) is 16.7. The average molecular weight is 363 g/mol. The number of nitrogens with one attached hydrogen (secondary N) is 1. The molecule has 0 aliphatic heterocycles. The van der Waals surface area contributed by atoms with Crippen molar-refractivity contribution >= 4 is 21.4 Å². The van der Waals surface area contributed by atoms with Crippen LogP contribution in [0, 0.1) is 0 Å². The fourth-order valence-electron chi connectivity index (χ4n) is 2.66. The number of nitrogens with zero attached hydrogens (tertiary/aromatic N) is 4. The molecule has 0 aliphatic rings. The van der Waals surface area contributed by atoms with E-state index in [2.05, 4.69) is 71.5 Å². The fourth-order valence-corrected chi connectivity index (χ4v) is 3.44. The predicted octanol–water partition coefficient (Wildman–Crippen LogP) is 4.76. The third-order valence-corrected chi connectivity index (χ3v) is 5.08. The first-order valence-corrected chi connectivity index (χ1v) is 9.40. The van der Waals surface area contributed by atoms with Crippen LogP contribution in [0.5, 0.6) is 0 Å². The van der Waals surface area contributed by atoms with Gasteiger partial charge in [-0.3, -0.25) is 4.98 Å². The quantitative estimate of drug-likeness (QED) is 0.568. The second-order valence-electron chi connectivity index (χ2n) is 7.30. The molecule has 0 saturated carbocycles. The maximum absolute atomic E-state index is 4.68. The lowest BCUT2D eigenvalue weighted by molar-refractivity contribution is 0.572. The minimum atomic E-state index is 0.0387. The molecule has 0 amide bonds. The molecule has 3 heterocycles. The molecule has 4 rings (SSSR count). The molecule has 0 aliphatic carbocycles. The van der Waals surface area contributed by atoms with Crippen LogP contribution in [0.2, 0.25) is 0 Å². The van der Waals surface area contributed by atoms with Crippen LogP contribution >= 0.6 is 11.3 Å². The molecule has 3 aromatic heterocycles. The Morgan fingerprint density at radius 1 is 1.08 bits per heavy atom. The van der Waals surface area contributed by atoms with E-state index in [0.717, 1.165) is 27.9 Å². The van der Waals surface area contributed by atoms with Crippen molar-refractivity contribution in [2.45, 2.75) is 32.7 Å². The summed E-state index contributed by atoms with van der Waals surface area (Å²) in [5.41, 5.74) is 4.61. The molecule has 0 saturated heterocycles. The van der Waals surface area contributed by atoms with Crippen LogP contribution < -0.4 is 5.32 Å². The van der Waals surface area contributed by atoms with E-state index >= 15 is 0 Å². The summed E-state index contributed by atoms with van der Waals surface area (Å²) >= 11 is 1.57. The Morgan fingerprint density at radius 3 is 2.54 bits per heavy atom. The predicted molar refractivity (Wildman–Crippen MR) is 107 cm³/mol. The van der Waals surface area contributed by atoms with Gasteiger partial charge in [-0.2, -0.15) is 0 Å². The highest BCUT2D eigenvalue weighted by Crippen LogP contribution is 2.26. The van der Waals surface area contributed by atoms with E-state index in [0.29, 0.717) is 0 Å². The minimum absolute atomic E-state index is 0.0387. The highest BCUT2D eigenvalue weighted by atomic mass is 32.1. The van der Waals surface area contributed by atoms with Crippen LogP contribution in [0.25, 0.3) is 16.1 Å². The lowest BCUT2D eigenvalue weighted by atomic mass is 9.93. The fraction of sp³-hybridized carbons (Fsp3) is 0.250. The standard InChI is InChI=1S/C20H21N5S/c1-20(2,3)17-13-25-19(23-17)26-18(24-25)22-11-14-6-8-15(9-7-14)16-5-4-10-21-12-16/h4-10,12-13H,11H2,1-3H3,(H,22,24). The Bertz CT molecular complexity index is 978. The maximum atomic E-state index is 4.68. The summed E-state index contributed by atoms with van der Waals surface area (Å²) in [7, 11) is 0.